The third kappa shape index (κ3) is 3.08. The van der Waals surface area contributed by atoms with E-state index in [1.807, 2.05) is 0 Å². The second-order valence-electron chi connectivity index (χ2n) is 4.26. The Bertz CT molecular complexity index is 662. The first-order valence-electron chi connectivity index (χ1n) is 5.98. The van der Waals surface area contributed by atoms with E-state index in [0.717, 1.165) is 12.1 Å². The van der Waals surface area contributed by atoms with E-state index >= 15 is 0 Å². The van der Waals surface area contributed by atoms with E-state index in [0.29, 0.717) is 6.07 Å². The molecule has 1 unspecified atom stereocenters. The molecule has 0 aliphatic carbocycles. The zero-order valence-corrected chi connectivity index (χ0v) is 12.0. The Hall–Kier alpha value is -1.88. The quantitative estimate of drug-likeness (QED) is 0.776. The molecule has 2 nitrogen and oxygen atoms in total. The molecule has 0 aliphatic rings. The molecule has 0 aliphatic heterocycles. The van der Waals surface area contributed by atoms with E-state index in [-0.39, 0.29) is 22.6 Å². The highest BCUT2D eigenvalue weighted by molar-refractivity contribution is 6.22. The lowest BCUT2D eigenvalue weighted by Crippen LogP contribution is -2.02. The topological polar surface area (TPSA) is 18.5 Å². The van der Waals surface area contributed by atoms with Crippen molar-refractivity contribution in [3.05, 3.63) is 58.9 Å². The summed E-state index contributed by atoms with van der Waals surface area (Å²) >= 11 is 6.12. The van der Waals surface area contributed by atoms with Gasteiger partial charge in [0, 0.05) is 23.3 Å². The minimum Gasteiger partial charge on any atom is -0.493 e. The summed E-state index contributed by atoms with van der Waals surface area (Å²) in [5, 5.41) is -1.12. The van der Waals surface area contributed by atoms with Crippen LogP contribution in [-0.4, -0.2) is 14.2 Å². The molecular weight excluding hydrogens is 305 g/mol. The predicted octanol–water partition coefficient (Wildman–Crippen LogP) is 4.45. The van der Waals surface area contributed by atoms with Crippen LogP contribution in [0.4, 0.5) is 13.2 Å². The predicted molar refractivity (Wildman–Crippen MR) is 73.6 cm³/mol. The average molecular weight is 317 g/mol. The highest BCUT2D eigenvalue weighted by Gasteiger charge is 2.22. The van der Waals surface area contributed by atoms with Crippen molar-refractivity contribution in [1.29, 1.82) is 0 Å². The second-order valence-corrected chi connectivity index (χ2v) is 4.69. The number of hydrogen-bond acceptors (Lipinski definition) is 2. The normalized spacial score (nSPS) is 12.1. The van der Waals surface area contributed by atoms with Crippen molar-refractivity contribution in [2.75, 3.05) is 14.2 Å². The molecule has 0 saturated heterocycles. The summed E-state index contributed by atoms with van der Waals surface area (Å²) in [6.45, 7) is 0. The molecule has 0 N–H and O–H groups in total. The Morgan fingerprint density at radius 2 is 1.43 bits per heavy atom. The molecule has 2 aromatic rings. The van der Waals surface area contributed by atoms with Crippen LogP contribution in [0.15, 0.2) is 30.3 Å². The third-order valence-corrected chi connectivity index (χ3v) is 3.48. The number of benzene rings is 2. The van der Waals surface area contributed by atoms with Crippen molar-refractivity contribution in [2.24, 2.45) is 0 Å². The van der Waals surface area contributed by atoms with Crippen LogP contribution in [0.1, 0.15) is 16.5 Å². The van der Waals surface area contributed by atoms with E-state index < -0.39 is 22.8 Å². The number of ether oxygens (including phenoxy) is 2. The molecule has 0 saturated carbocycles. The SMILES string of the molecule is COc1cc(F)c(C(Cl)c2ccc(F)cc2F)cc1OC. The van der Waals surface area contributed by atoms with Gasteiger partial charge in [0.05, 0.1) is 19.6 Å². The summed E-state index contributed by atoms with van der Waals surface area (Å²) in [4.78, 5) is 0. The van der Waals surface area contributed by atoms with Crippen LogP contribution in [0.3, 0.4) is 0 Å². The molecule has 0 radical (unpaired) electrons. The highest BCUT2D eigenvalue weighted by Crippen LogP contribution is 2.38. The molecule has 0 bridgehead atoms. The minimum absolute atomic E-state index is 0.0137. The van der Waals surface area contributed by atoms with Gasteiger partial charge < -0.3 is 9.47 Å². The molecule has 2 aromatic carbocycles. The molecule has 2 rings (SSSR count). The Kier molecular flexibility index (Phi) is 4.63. The van der Waals surface area contributed by atoms with E-state index in [9.17, 15) is 13.2 Å². The average Bonchev–Trinajstić information content (AvgIpc) is 2.46. The summed E-state index contributed by atoms with van der Waals surface area (Å²) in [7, 11) is 2.76. The van der Waals surface area contributed by atoms with Gasteiger partial charge in [-0.2, -0.15) is 0 Å². The Morgan fingerprint density at radius 3 is 2.00 bits per heavy atom. The highest BCUT2D eigenvalue weighted by atomic mass is 35.5. The number of methoxy groups -OCH3 is 2. The van der Waals surface area contributed by atoms with Gasteiger partial charge in [-0.3, -0.25) is 0 Å². The van der Waals surface area contributed by atoms with Crippen molar-refractivity contribution in [2.45, 2.75) is 5.38 Å². The van der Waals surface area contributed by atoms with Gasteiger partial charge in [0.15, 0.2) is 11.5 Å². The van der Waals surface area contributed by atoms with Gasteiger partial charge in [-0.1, -0.05) is 6.07 Å². The lowest BCUT2D eigenvalue weighted by atomic mass is 10.0. The van der Waals surface area contributed by atoms with Crippen molar-refractivity contribution < 1.29 is 22.6 Å². The van der Waals surface area contributed by atoms with Crippen LogP contribution in [0.2, 0.25) is 0 Å². The molecule has 0 spiro atoms. The third-order valence-electron chi connectivity index (χ3n) is 3.01. The smallest absolute Gasteiger partial charge is 0.163 e. The summed E-state index contributed by atoms with van der Waals surface area (Å²) < 4.78 is 50.8. The molecule has 112 valence electrons. The van der Waals surface area contributed by atoms with Crippen molar-refractivity contribution in [1.82, 2.24) is 0 Å². The van der Waals surface area contributed by atoms with E-state index in [1.165, 1.54) is 26.4 Å². The number of alkyl halides is 1. The Balaban J connectivity index is 2.50. The summed E-state index contributed by atoms with van der Waals surface area (Å²) in [6.07, 6.45) is 0. The van der Waals surface area contributed by atoms with Gasteiger partial charge in [-0.05, 0) is 12.1 Å². The molecule has 0 heterocycles. The number of halogens is 4. The molecule has 0 amide bonds. The molecule has 0 aromatic heterocycles. The van der Waals surface area contributed by atoms with E-state index in [2.05, 4.69) is 0 Å². The second kappa shape index (κ2) is 6.26. The van der Waals surface area contributed by atoms with Crippen molar-refractivity contribution >= 4 is 11.6 Å². The number of hydrogen-bond donors (Lipinski definition) is 0. The van der Waals surface area contributed by atoms with Gasteiger partial charge in [0.25, 0.3) is 0 Å². The van der Waals surface area contributed by atoms with Gasteiger partial charge >= 0.3 is 0 Å². The Labute approximate surface area is 125 Å². The van der Waals surface area contributed by atoms with Crippen LogP contribution < -0.4 is 9.47 Å². The summed E-state index contributed by atoms with van der Waals surface area (Å²) in [5.41, 5.74) is -0.0102. The first kappa shape index (κ1) is 15.5. The molecule has 1 atom stereocenters. The standard InChI is InChI=1S/C15H12ClF3O2/c1-20-13-6-10(12(19)7-14(13)21-2)15(16)9-4-3-8(17)5-11(9)18/h3-7,15H,1-2H3. The molecule has 0 fully saturated rings. The fraction of sp³-hybridized carbons (Fsp3) is 0.200. The fourth-order valence-corrected chi connectivity index (χ4v) is 2.28. The lowest BCUT2D eigenvalue weighted by molar-refractivity contribution is 0.351. The largest absolute Gasteiger partial charge is 0.493 e. The monoisotopic (exact) mass is 316 g/mol. The van der Waals surface area contributed by atoms with Gasteiger partial charge in [-0.15, -0.1) is 11.6 Å². The maximum atomic E-state index is 14.1. The summed E-state index contributed by atoms with van der Waals surface area (Å²) in [5.74, 6) is -1.78. The van der Waals surface area contributed by atoms with Crippen LogP contribution in [0.25, 0.3) is 0 Å². The van der Waals surface area contributed by atoms with Crippen LogP contribution in [0, 0.1) is 17.5 Å². The zero-order valence-electron chi connectivity index (χ0n) is 11.3. The molecule has 21 heavy (non-hydrogen) atoms. The van der Waals surface area contributed by atoms with Crippen LogP contribution >= 0.6 is 11.6 Å². The maximum absolute atomic E-state index is 14.1. The fourth-order valence-electron chi connectivity index (χ4n) is 1.94. The number of rotatable bonds is 4. The van der Waals surface area contributed by atoms with Gasteiger partial charge in [-0.25, -0.2) is 13.2 Å². The molecule has 6 heteroatoms. The van der Waals surface area contributed by atoms with Crippen molar-refractivity contribution in [3.8, 4) is 11.5 Å². The van der Waals surface area contributed by atoms with E-state index in [1.54, 1.807) is 0 Å². The zero-order chi connectivity index (χ0) is 15.6. The Morgan fingerprint density at radius 1 is 0.857 bits per heavy atom. The van der Waals surface area contributed by atoms with Crippen molar-refractivity contribution in [3.63, 3.8) is 0 Å². The first-order valence-corrected chi connectivity index (χ1v) is 6.42. The van der Waals surface area contributed by atoms with Gasteiger partial charge in [0.2, 0.25) is 0 Å². The summed E-state index contributed by atoms with van der Waals surface area (Å²) in [6, 6.07) is 5.37. The lowest BCUT2D eigenvalue weighted by Gasteiger charge is -2.15. The molecular formula is C15H12ClF3O2. The first-order chi connectivity index (χ1) is 9.97. The maximum Gasteiger partial charge on any atom is 0.163 e. The van der Waals surface area contributed by atoms with Crippen LogP contribution in [0.5, 0.6) is 11.5 Å². The van der Waals surface area contributed by atoms with E-state index in [4.69, 9.17) is 21.1 Å². The van der Waals surface area contributed by atoms with Crippen LogP contribution in [-0.2, 0) is 0 Å². The minimum atomic E-state index is -1.12. The van der Waals surface area contributed by atoms with Gasteiger partial charge in [0.1, 0.15) is 17.5 Å².